The molecule has 2 aromatic heterocycles. The minimum Gasteiger partial charge on any atom is -0.347 e. The predicted molar refractivity (Wildman–Crippen MR) is 86.8 cm³/mol. The number of amides is 1. The summed E-state index contributed by atoms with van der Waals surface area (Å²) in [6.45, 7) is 0.540. The first-order valence-electron chi connectivity index (χ1n) is 6.33. The highest BCUT2D eigenvalue weighted by molar-refractivity contribution is 9.11. The van der Waals surface area contributed by atoms with Gasteiger partial charge in [0.25, 0.3) is 5.91 Å². The number of aromatic nitrogens is 2. The van der Waals surface area contributed by atoms with Crippen LogP contribution in [-0.2, 0) is 6.54 Å². The fourth-order valence-electron chi connectivity index (χ4n) is 1.91. The maximum atomic E-state index is 12.1. The molecule has 0 atom stereocenters. The smallest absolute Gasteiger partial charge is 0.251 e. The van der Waals surface area contributed by atoms with Crippen molar-refractivity contribution in [2.24, 2.45) is 0 Å². The van der Waals surface area contributed by atoms with Gasteiger partial charge in [0.15, 0.2) is 0 Å². The maximum Gasteiger partial charge on any atom is 0.251 e. The summed E-state index contributed by atoms with van der Waals surface area (Å²) in [6.07, 6.45) is 5.31. The van der Waals surface area contributed by atoms with Crippen LogP contribution in [0, 0.1) is 0 Å². The molecule has 0 saturated heterocycles. The van der Waals surface area contributed by atoms with E-state index in [0.29, 0.717) is 12.1 Å². The first kappa shape index (κ1) is 14.0. The number of hydrogen-bond donors (Lipinski definition) is 1. The van der Waals surface area contributed by atoms with Gasteiger partial charge >= 0.3 is 0 Å². The molecule has 4 nitrogen and oxygen atoms in total. The molecule has 3 rings (SSSR count). The Balaban J connectivity index is 1.65. The zero-order chi connectivity index (χ0) is 14.7. The van der Waals surface area contributed by atoms with Gasteiger partial charge in [-0.05, 0) is 52.3 Å². The van der Waals surface area contributed by atoms with E-state index in [1.54, 1.807) is 23.9 Å². The number of carbonyl (C=O) groups excluding carboxylic acids is 1. The van der Waals surface area contributed by atoms with Gasteiger partial charge in [-0.25, -0.2) is 4.98 Å². The fourth-order valence-corrected chi connectivity index (χ4v) is 3.34. The molecule has 106 valence electrons. The van der Waals surface area contributed by atoms with Crippen LogP contribution in [0.3, 0.4) is 0 Å². The second-order valence-corrected chi connectivity index (χ2v) is 6.95. The van der Waals surface area contributed by atoms with Crippen molar-refractivity contribution in [1.29, 1.82) is 0 Å². The molecule has 6 heteroatoms. The Morgan fingerprint density at radius 1 is 1.24 bits per heavy atom. The van der Waals surface area contributed by atoms with Crippen molar-refractivity contribution in [2.75, 3.05) is 0 Å². The van der Waals surface area contributed by atoms with Crippen molar-refractivity contribution in [3.05, 3.63) is 69.3 Å². The van der Waals surface area contributed by atoms with Gasteiger partial charge in [0.05, 0.1) is 16.7 Å². The van der Waals surface area contributed by atoms with Crippen LogP contribution in [-0.4, -0.2) is 15.5 Å². The average molecular weight is 362 g/mol. The van der Waals surface area contributed by atoms with E-state index < -0.39 is 0 Å². The first-order valence-corrected chi connectivity index (χ1v) is 7.94. The van der Waals surface area contributed by atoms with Crippen LogP contribution in [0.4, 0.5) is 0 Å². The van der Waals surface area contributed by atoms with Crippen LogP contribution in [0.5, 0.6) is 0 Å². The monoisotopic (exact) mass is 361 g/mol. The first-order chi connectivity index (χ1) is 10.2. The minimum absolute atomic E-state index is 0.0725. The molecule has 2 heterocycles. The third kappa shape index (κ3) is 3.40. The summed E-state index contributed by atoms with van der Waals surface area (Å²) in [5.41, 5.74) is 1.63. The van der Waals surface area contributed by atoms with Gasteiger partial charge in [-0.1, -0.05) is 0 Å². The third-order valence-electron chi connectivity index (χ3n) is 2.98. The lowest BCUT2D eigenvalue weighted by atomic mass is 10.2. The number of imidazole rings is 1. The lowest BCUT2D eigenvalue weighted by Crippen LogP contribution is -2.22. The largest absolute Gasteiger partial charge is 0.347 e. The second-order valence-electron chi connectivity index (χ2n) is 4.41. The number of rotatable bonds is 4. The second kappa shape index (κ2) is 6.24. The number of carbonyl (C=O) groups is 1. The number of halogens is 1. The van der Waals surface area contributed by atoms with Crippen LogP contribution in [0.15, 0.2) is 58.9 Å². The van der Waals surface area contributed by atoms with Crippen molar-refractivity contribution in [3.8, 4) is 5.69 Å². The minimum atomic E-state index is -0.0725. The predicted octanol–water partition coefficient (Wildman–Crippen LogP) is 3.63. The molecule has 0 saturated carbocycles. The van der Waals surface area contributed by atoms with Gasteiger partial charge in [0.2, 0.25) is 0 Å². The van der Waals surface area contributed by atoms with Crippen LogP contribution < -0.4 is 5.32 Å². The van der Waals surface area contributed by atoms with E-state index in [0.717, 1.165) is 14.4 Å². The van der Waals surface area contributed by atoms with Gasteiger partial charge in [-0.3, -0.25) is 4.79 Å². The number of hydrogen-bond acceptors (Lipinski definition) is 3. The van der Waals surface area contributed by atoms with Crippen molar-refractivity contribution < 1.29 is 4.79 Å². The number of nitrogens with zero attached hydrogens (tertiary/aromatic N) is 2. The van der Waals surface area contributed by atoms with Crippen LogP contribution in [0.1, 0.15) is 15.2 Å². The van der Waals surface area contributed by atoms with Gasteiger partial charge in [0, 0.05) is 28.5 Å². The summed E-state index contributed by atoms with van der Waals surface area (Å²) >= 11 is 5.03. The summed E-state index contributed by atoms with van der Waals surface area (Å²) in [7, 11) is 0. The summed E-state index contributed by atoms with van der Waals surface area (Å²) in [5.74, 6) is -0.0725. The third-order valence-corrected chi connectivity index (χ3v) is 4.61. The van der Waals surface area contributed by atoms with E-state index in [1.165, 1.54) is 0 Å². The van der Waals surface area contributed by atoms with Crippen LogP contribution in [0.2, 0.25) is 0 Å². The van der Waals surface area contributed by atoms with Crippen LogP contribution in [0.25, 0.3) is 5.69 Å². The van der Waals surface area contributed by atoms with Gasteiger partial charge in [-0.2, -0.15) is 0 Å². The zero-order valence-corrected chi connectivity index (χ0v) is 13.4. The molecule has 0 aliphatic carbocycles. The summed E-state index contributed by atoms with van der Waals surface area (Å²) in [4.78, 5) is 17.2. The standard InChI is InChI=1S/C15H12BrN3OS/c16-14-6-5-13(21-14)9-18-15(20)11-1-3-12(4-2-11)19-8-7-17-10-19/h1-8,10H,9H2,(H,18,20). The number of benzene rings is 1. The quantitative estimate of drug-likeness (QED) is 0.771. The summed E-state index contributed by atoms with van der Waals surface area (Å²) in [5, 5.41) is 2.91. The molecule has 1 N–H and O–H groups in total. The molecule has 21 heavy (non-hydrogen) atoms. The molecule has 1 aromatic carbocycles. The molecule has 0 fully saturated rings. The van der Waals surface area contributed by atoms with E-state index in [2.05, 4.69) is 26.2 Å². The molecule has 1 amide bonds. The SMILES string of the molecule is O=C(NCc1ccc(Br)s1)c1ccc(-n2ccnc2)cc1. The zero-order valence-electron chi connectivity index (χ0n) is 11.0. The molecule has 0 bridgehead atoms. The molecule has 0 aliphatic heterocycles. The Morgan fingerprint density at radius 3 is 2.67 bits per heavy atom. The number of nitrogens with one attached hydrogen (secondary N) is 1. The lowest BCUT2D eigenvalue weighted by Gasteiger charge is -2.06. The van der Waals surface area contributed by atoms with E-state index in [-0.39, 0.29) is 5.91 Å². The van der Waals surface area contributed by atoms with Gasteiger partial charge in [-0.15, -0.1) is 11.3 Å². The normalized spacial score (nSPS) is 10.5. The topological polar surface area (TPSA) is 46.9 Å². The molecule has 0 unspecified atom stereocenters. The van der Waals surface area contributed by atoms with E-state index in [1.807, 2.05) is 47.2 Å². The van der Waals surface area contributed by atoms with Crippen LogP contribution >= 0.6 is 27.3 Å². The fraction of sp³-hybridized carbons (Fsp3) is 0.0667. The summed E-state index contributed by atoms with van der Waals surface area (Å²) < 4.78 is 2.96. The lowest BCUT2D eigenvalue weighted by molar-refractivity contribution is 0.0951. The molecular formula is C15H12BrN3OS. The Bertz CT molecular complexity index is 735. The Labute approximate surface area is 134 Å². The Morgan fingerprint density at radius 2 is 2.05 bits per heavy atom. The molecule has 0 spiro atoms. The average Bonchev–Trinajstić information content (AvgIpc) is 3.16. The van der Waals surface area contributed by atoms with Crippen molar-refractivity contribution in [1.82, 2.24) is 14.9 Å². The van der Waals surface area contributed by atoms with Crippen molar-refractivity contribution >= 4 is 33.2 Å². The molecule has 0 radical (unpaired) electrons. The maximum absolute atomic E-state index is 12.1. The van der Waals surface area contributed by atoms with E-state index in [4.69, 9.17) is 0 Å². The molecule has 0 aliphatic rings. The van der Waals surface area contributed by atoms with E-state index in [9.17, 15) is 4.79 Å². The number of thiophene rings is 1. The highest BCUT2D eigenvalue weighted by Crippen LogP contribution is 2.21. The van der Waals surface area contributed by atoms with Crippen molar-refractivity contribution in [3.63, 3.8) is 0 Å². The molecular weight excluding hydrogens is 350 g/mol. The summed E-state index contributed by atoms with van der Waals surface area (Å²) in [6, 6.07) is 11.4. The highest BCUT2D eigenvalue weighted by atomic mass is 79.9. The Hall–Kier alpha value is -1.92. The highest BCUT2D eigenvalue weighted by Gasteiger charge is 2.06. The molecule has 3 aromatic rings. The Kier molecular flexibility index (Phi) is 4.17. The van der Waals surface area contributed by atoms with E-state index >= 15 is 0 Å². The van der Waals surface area contributed by atoms with Gasteiger partial charge in [0.1, 0.15) is 0 Å². The van der Waals surface area contributed by atoms with Gasteiger partial charge < -0.3 is 9.88 Å². The van der Waals surface area contributed by atoms with Crippen molar-refractivity contribution in [2.45, 2.75) is 6.54 Å².